The molecule has 1 atom stereocenters. The highest BCUT2D eigenvalue weighted by Crippen LogP contribution is 2.23. The molecule has 0 amide bonds. The maximum Gasteiger partial charge on any atom is 0.111 e. The first-order valence-electron chi connectivity index (χ1n) is 6.57. The van der Waals surface area contributed by atoms with E-state index in [0.717, 1.165) is 23.3 Å². The van der Waals surface area contributed by atoms with Crippen LogP contribution in [0.2, 0.25) is 0 Å². The average Bonchev–Trinajstić information content (AvgIpc) is 2.76. The van der Waals surface area contributed by atoms with Gasteiger partial charge in [-0.3, -0.25) is 0 Å². The van der Waals surface area contributed by atoms with Crippen LogP contribution in [0.4, 0.5) is 0 Å². The maximum absolute atomic E-state index is 6.36. The number of imidazole rings is 1. The molecule has 0 aliphatic rings. The second-order valence-electron chi connectivity index (χ2n) is 4.91. The molecule has 0 aliphatic carbocycles. The molecule has 20 heavy (non-hydrogen) atoms. The van der Waals surface area contributed by atoms with Crippen molar-refractivity contribution in [2.24, 2.45) is 12.8 Å². The molecule has 2 N–H and O–H groups in total. The van der Waals surface area contributed by atoms with Gasteiger partial charge in [-0.15, -0.1) is 0 Å². The van der Waals surface area contributed by atoms with Gasteiger partial charge in [0.05, 0.1) is 11.0 Å². The maximum atomic E-state index is 6.36. The van der Waals surface area contributed by atoms with Crippen molar-refractivity contribution in [3.63, 3.8) is 0 Å². The lowest BCUT2D eigenvalue weighted by Gasteiger charge is -2.13. The van der Waals surface area contributed by atoms with Gasteiger partial charge in [0.1, 0.15) is 5.82 Å². The quantitative estimate of drug-likeness (QED) is 0.711. The molecule has 0 saturated heterocycles. The van der Waals surface area contributed by atoms with Crippen molar-refractivity contribution in [2.45, 2.75) is 12.5 Å². The molecular weight excluding hydrogens is 361 g/mol. The van der Waals surface area contributed by atoms with Crippen molar-refractivity contribution in [2.75, 3.05) is 0 Å². The third-order valence-electron chi connectivity index (χ3n) is 3.59. The molecule has 3 aromatic rings. The molecule has 2 aromatic carbocycles. The van der Waals surface area contributed by atoms with E-state index in [2.05, 4.69) is 50.3 Å². The molecule has 0 aliphatic heterocycles. The van der Waals surface area contributed by atoms with Gasteiger partial charge in [0.15, 0.2) is 0 Å². The van der Waals surface area contributed by atoms with Crippen molar-refractivity contribution >= 4 is 33.6 Å². The Hall–Kier alpha value is -1.40. The Balaban J connectivity index is 1.93. The fraction of sp³-hybridized carbons (Fsp3) is 0.188. The summed E-state index contributed by atoms with van der Waals surface area (Å²) in [4.78, 5) is 4.69. The molecule has 1 aromatic heterocycles. The summed E-state index contributed by atoms with van der Waals surface area (Å²) < 4.78 is 3.33. The first-order chi connectivity index (χ1) is 9.66. The number of benzene rings is 2. The summed E-state index contributed by atoms with van der Waals surface area (Å²) in [5, 5.41) is 0. The Morgan fingerprint density at radius 2 is 1.85 bits per heavy atom. The molecule has 3 rings (SSSR count). The molecule has 0 bridgehead atoms. The van der Waals surface area contributed by atoms with Crippen molar-refractivity contribution < 1.29 is 0 Å². The van der Waals surface area contributed by atoms with Gasteiger partial charge in [0, 0.05) is 23.1 Å². The summed E-state index contributed by atoms with van der Waals surface area (Å²) in [6, 6.07) is 16.4. The minimum atomic E-state index is -0.0291. The summed E-state index contributed by atoms with van der Waals surface area (Å²) in [6.45, 7) is 0. The molecule has 3 nitrogen and oxygen atoms in total. The van der Waals surface area contributed by atoms with E-state index in [4.69, 9.17) is 5.73 Å². The monoisotopic (exact) mass is 377 g/mol. The molecule has 102 valence electrons. The molecule has 0 saturated carbocycles. The Morgan fingerprint density at radius 3 is 2.60 bits per heavy atom. The average molecular weight is 377 g/mol. The number of aryl methyl sites for hydroxylation is 1. The lowest BCUT2D eigenvalue weighted by molar-refractivity contribution is 0.662. The zero-order valence-corrected chi connectivity index (χ0v) is 13.4. The lowest BCUT2D eigenvalue weighted by Crippen LogP contribution is -2.16. The van der Waals surface area contributed by atoms with Gasteiger partial charge in [-0.25, -0.2) is 4.98 Å². The van der Waals surface area contributed by atoms with Crippen LogP contribution < -0.4 is 5.73 Å². The number of fused-ring (bicyclic) bond motifs is 1. The van der Waals surface area contributed by atoms with E-state index in [1.165, 1.54) is 9.13 Å². The fourth-order valence-corrected chi connectivity index (χ4v) is 3.25. The minimum absolute atomic E-state index is 0.0291. The minimum Gasteiger partial charge on any atom is -0.331 e. The highest BCUT2D eigenvalue weighted by Gasteiger charge is 2.14. The van der Waals surface area contributed by atoms with Gasteiger partial charge in [-0.1, -0.05) is 30.3 Å². The first kappa shape index (κ1) is 13.6. The van der Waals surface area contributed by atoms with Crippen LogP contribution in [0.15, 0.2) is 48.5 Å². The number of para-hydroxylation sites is 2. The van der Waals surface area contributed by atoms with Crippen molar-refractivity contribution in [3.05, 3.63) is 63.5 Å². The van der Waals surface area contributed by atoms with Crippen LogP contribution in [0, 0.1) is 3.57 Å². The summed E-state index contributed by atoms with van der Waals surface area (Å²) >= 11 is 2.33. The third-order valence-corrected chi connectivity index (χ3v) is 4.57. The Kier molecular flexibility index (Phi) is 3.76. The lowest BCUT2D eigenvalue weighted by atomic mass is 10.0. The number of hydrogen-bond acceptors (Lipinski definition) is 2. The summed E-state index contributed by atoms with van der Waals surface area (Å²) in [6.07, 6.45) is 0.741. The van der Waals surface area contributed by atoms with E-state index >= 15 is 0 Å². The van der Waals surface area contributed by atoms with Gasteiger partial charge in [0.2, 0.25) is 0 Å². The highest BCUT2D eigenvalue weighted by atomic mass is 127. The summed E-state index contributed by atoms with van der Waals surface area (Å²) in [5.74, 6) is 1.03. The Labute approximate surface area is 132 Å². The van der Waals surface area contributed by atoms with Gasteiger partial charge in [0.25, 0.3) is 0 Å². The topological polar surface area (TPSA) is 43.8 Å². The number of rotatable bonds is 3. The van der Waals surface area contributed by atoms with Crippen LogP contribution >= 0.6 is 22.6 Å². The van der Waals surface area contributed by atoms with Gasteiger partial charge >= 0.3 is 0 Å². The normalized spacial score (nSPS) is 12.8. The smallest absolute Gasteiger partial charge is 0.111 e. The SMILES string of the molecule is Cn1c(CC(N)c2ccccc2I)nc2ccccc21. The third kappa shape index (κ3) is 2.45. The van der Waals surface area contributed by atoms with E-state index < -0.39 is 0 Å². The zero-order valence-electron chi connectivity index (χ0n) is 11.3. The number of aromatic nitrogens is 2. The van der Waals surface area contributed by atoms with E-state index in [1.807, 2.05) is 37.4 Å². The number of hydrogen-bond donors (Lipinski definition) is 1. The van der Waals surface area contributed by atoms with Crippen LogP contribution in [-0.2, 0) is 13.5 Å². The van der Waals surface area contributed by atoms with E-state index in [-0.39, 0.29) is 6.04 Å². The molecule has 1 unspecified atom stereocenters. The van der Waals surface area contributed by atoms with Gasteiger partial charge < -0.3 is 10.3 Å². The van der Waals surface area contributed by atoms with Crippen LogP contribution in [0.1, 0.15) is 17.4 Å². The zero-order chi connectivity index (χ0) is 14.1. The number of nitrogens with zero attached hydrogens (tertiary/aromatic N) is 2. The highest BCUT2D eigenvalue weighted by molar-refractivity contribution is 14.1. The van der Waals surface area contributed by atoms with Crippen molar-refractivity contribution in [1.82, 2.24) is 9.55 Å². The molecule has 0 spiro atoms. The molecule has 0 fully saturated rings. The van der Waals surface area contributed by atoms with Crippen LogP contribution in [0.25, 0.3) is 11.0 Å². The first-order valence-corrected chi connectivity index (χ1v) is 7.65. The second-order valence-corrected chi connectivity index (χ2v) is 6.07. The van der Waals surface area contributed by atoms with Crippen molar-refractivity contribution in [3.8, 4) is 0 Å². The van der Waals surface area contributed by atoms with Gasteiger partial charge in [-0.2, -0.15) is 0 Å². The predicted octanol–water partition coefficient (Wildman–Crippen LogP) is 3.42. The largest absolute Gasteiger partial charge is 0.331 e. The summed E-state index contributed by atoms with van der Waals surface area (Å²) in [5.41, 5.74) is 9.72. The fourth-order valence-electron chi connectivity index (χ4n) is 2.46. The van der Waals surface area contributed by atoms with Gasteiger partial charge in [-0.05, 0) is 46.4 Å². The van der Waals surface area contributed by atoms with Crippen LogP contribution in [0.5, 0.6) is 0 Å². The molecule has 0 radical (unpaired) electrons. The van der Waals surface area contributed by atoms with Crippen molar-refractivity contribution in [1.29, 1.82) is 0 Å². The predicted molar refractivity (Wildman–Crippen MR) is 90.5 cm³/mol. The number of nitrogens with two attached hydrogens (primary N) is 1. The Morgan fingerprint density at radius 1 is 1.15 bits per heavy atom. The molecular formula is C16H16IN3. The van der Waals surface area contributed by atoms with Crippen LogP contribution in [-0.4, -0.2) is 9.55 Å². The summed E-state index contributed by atoms with van der Waals surface area (Å²) in [7, 11) is 2.05. The standard InChI is InChI=1S/C16H16IN3/c1-20-15-9-5-4-8-14(15)19-16(20)10-13(18)11-6-2-3-7-12(11)17/h2-9,13H,10,18H2,1H3. The van der Waals surface area contributed by atoms with E-state index in [1.54, 1.807) is 0 Å². The number of halogens is 1. The van der Waals surface area contributed by atoms with Crippen LogP contribution in [0.3, 0.4) is 0 Å². The Bertz CT molecular complexity index is 748. The second kappa shape index (κ2) is 5.54. The molecule has 4 heteroatoms. The van der Waals surface area contributed by atoms with E-state index in [0.29, 0.717) is 0 Å². The van der Waals surface area contributed by atoms with E-state index in [9.17, 15) is 0 Å². The molecule has 1 heterocycles.